The Kier molecular flexibility index (Phi) is 10.6. The number of fused-ring (bicyclic) bond motifs is 1. The molecule has 53 heavy (non-hydrogen) atoms. The SMILES string of the molecule is CCc1cccc(C)c1Nc1ccc2cc(S(=O)(=O)O)cc(O)c2c1N=Nc1ccc(N=Nc2ccc(NCc3cccc(S(=O)(=O)O)c3)cc2)cc1. The number of aromatic hydroxyl groups is 1. The van der Waals surface area contributed by atoms with E-state index in [9.17, 15) is 31.0 Å². The van der Waals surface area contributed by atoms with E-state index in [0.29, 0.717) is 40.2 Å². The number of rotatable bonds is 12. The highest BCUT2D eigenvalue weighted by Crippen LogP contribution is 2.43. The van der Waals surface area contributed by atoms with Crippen molar-refractivity contribution >= 4 is 70.8 Å². The van der Waals surface area contributed by atoms with Gasteiger partial charge in [0.25, 0.3) is 20.2 Å². The zero-order valence-corrected chi connectivity index (χ0v) is 30.1. The Balaban J connectivity index is 1.21. The average molecular weight is 751 g/mol. The minimum absolute atomic E-state index is 0.168. The van der Waals surface area contributed by atoms with Gasteiger partial charge >= 0.3 is 0 Å². The molecule has 5 N–H and O–H groups in total. The highest BCUT2D eigenvalue weighted by atomic mass is 32.2. The molecule has 0 saturated heterocycles. The summed E-state index contributed by atoms with van der Waals surface area (Å²) in [5, 5.41) is 35.7. The van der Waals surface area contributed by atoms with Crippen molar-refractivity contribution < 1.29 is 31.0 Å². The van der Waals surface area contributed by atoms with Crippen molar-refractivity contribution in [3.05, 3.63) is 132 Å². The molecule has 0 fully saturated rings. The van der Waals surface area contributed by atoms with Crippen LogP contribution in [0.2, 0.25) is 0 Å². The van der Waals surface area contributed by atoms with E-state index >= 15 is 0 Å². The van der Waals surface area contributed by atoms with Gasteiger partial charge in [-0.1, -0.05) is 43.3 Å². The lowest BCUT2D eigenvalue weighted by Gasteiger charge is -2.17. The molecule has 0 amide bonds. The molecule has 0 bridgehead atoms. The van der Waals surface area contributed by atoms with Crippen molar-refractivity contribution in [2.75, 3.05) is 10.6 Å². The van der Waals surface area contributed by atoms with Crippen molar-refractivity contribution in [2.24, 2.45) is 20.5 Å². The molecule has 0 saturated carbocycles. The maximum atomic E-state index is 11.9. The van der Waals surface area contributed by atoms with E-state index in [1.165, 1.54) is 18.2 Å². The molecule has 0 unspecified atom stereocenters. The standard InChI is InChI=1S/C38H34N6O7S2/c1-3-26-8-4-6-24(2)37(26)40-34-19-10-27-21-33(53(49,50)51)22-35(45)36(27)38(34)44-43-31-17-15-30(16-18-31)42-41-29-13-11-28(12-14-29)39-23-25-7-5-9-32(20-25)52(46,47)48/h4-22,39-40,45H,3,23H2,1-2H3,(H,46,47,48)(H,49,50,51). The highest BCUT2D eigenvalue weighted by molar-refractivity contribution is 7.86. The van der Waals surface area contributed by atoms with Gasteiger partial charge in [0, 0.05) is 24.0 Å². The van der Waals surface area contributed by atoms with Gasteiger partial charge in [-0.05, 0) is 108 Å². The number of hydrogen-bond acceptors (Lipinski definition) is 11. The molecular formula is C38H34N6O7S2. The zero-order chi connectivity index (χ0) is 37.8. The van der Waals surface area contributed by atoms with Gasteiger partial charge in [-0.3, -0.25) is 9.11 Å². The van der Waals surface area contributed by atoms with E-state index < -0.39 is 30.9 Å². The quantitative estimate of drug-likeness (QED) is 0.0595. The fourth-order valence-corrected chi connectivity index (χ4v) is 6.65. The summed E-state index contributed by atoms with van der Waals surface area (Å²) in [6, 6.07) is 31.6. The Labute approximate surface area is 306 Å². The first-order valence-electron chi connectivity index (χ1n) is 16.2. The summed E-state index contributed by atoms with van der Waals surface area (Å²) in [4.78, 5) is -0.614. The first-order chi connectivity index (χ1) is 25.3. The number of benzene rings is 6. The fourth-order valence-electron chi connectivity index (χ4n) is 5.56. The van der Waals surface area contributed by atoms with Crippen LogP contribution in [-0.4, -0.2) is 31.0 Å². The van der Waals surface area contributed by atoms with Gasteiger partial charge in [-0.25, -0.2) is 0 Å². The van der Waals surface area contributed by atoms with Crippen LogP contribution in [0.15, 0.2) is 146 Å². The van der Waals surface area contributed by atoms with Crippen LogP contribution in [-0.2, 0) is 33.2 Å². The predicted octanol–water partition coefficient (Wildman–Crippen LogP) is 10.1. The Bertz CT molecular complexity index is 2590. The minimum Gasteiger partial charge on any atom is -0.507 e. The van der Waals surface area contributed by atoms with E-state index in [0.717, 1.165) is 35.0 Å². The Morgan fingerprint density at radius 2 is 1.26 bits per heavy atom. The molecular weight excluding hydrogens is 717 g/mol. The van der Waals surface area contributed by atoms with E-state index in [2.05, 4.69) is 31.1 Å². The molecule has 6 rings (SSSR count). The Morgan fingerprint density at radius 3 is 1.89 bits per heavy atom. The highest BCUT2D eigenvalue weighted by Gasteiger charge is 2.19. The number of azo groups is 2. The topological polar surface area (TPSA) is 202 Å². The molecule has 6 aromatic rings. The van der Waals surface area contributed by atoms with Crippen LogP contribution in [0.3, 0.4) is 0 Å². The van der Waals surface area contributed by atoms with Crippen LogP contribution in [0.4, 0.5) is 39.8 Å². The summed E-state index contributed by atoms with van der Waals surface area (Å²) < 4.78 is 65.4. The molecule has 0 aliphatic carbocycles. The lowest BCUT2D eigenvalue weighted by Crippen LogP contribution is -2.02. The normalized spacial score (nSPS) is 12.2. The third-order valence-corrected chi connectivity index (χ3v) is 9.98. The monoisotopic (exact) mass is 750 g/mol. The fraction of sp³-hybridized carbons (Fsp3) is 0.105. The van der Waals surface area contributed by atoms with Crippen LogP contribution in [0, 0.1) is 6.92 Å². The van der Waals surface area contributed by atoms with Gasteiger partial charge in [-0.2, -0.15) is 32.2 Å². The van der Waals surface area contributed by atoms with Gasteiger partial charge in [0.2, 0.25) is 0 Å². The van der Waals surface area contributed by atoms with E-state index in [4.69, 9.17) is 0 Å². The van der Waals surface area contributed by atoms with Crippen molar-refractivity contribution in [3.8, 4) is 5.75 Å². The average Bonchev–Trinajstić information content (AvgIpc) is 3.13. The molecule has 270 valence electrons. The summed E-state index contributed by atoms with van der Waals surface area (Å²) in [5.74, 6) is -0.391. The van der Waals surface area contributed by atoms with Crippen LogP contribution < -0.4 is 10.6 Å². The molecule has 15 heteroatoms. The lowest BCUT2D eigenvalue weighted by atomic mass is 10.0. The van der Waals surface area contributed by atoms with E-state index in [1.807, 2.05) is 44.2 Å². The first-order valence-corrected chi connectivity index (χ1v) is 19.1. The molecule has 0 aliphatic heterocycles. The van der Waals surface area contributed by atoms with Crippen molar-refractivity contribution in [1.29, 1.82) is 0 Å². The maximum absolute atomic E-state index is 11.9. The van der Waals surface area contributed by atoms with Crippen molar-refractivity contribution in [3.63, 3.8) is 0 Å². The third-order valence-electron chi connectivity index (χ3n) is 8.30. The first kappa shape index (κ1) is 36.8. The Morgan fingerprint density at radius 1 is 0.660 bits per heavy atom. The number of nitrogens with one attached hydrogen (secondary N) is 2. The van der Waals surface area contributed by atoms with Gasteiger partial charge in [0.05, 0.1) is 37.9 Å². The van der Waals surface area contributed by atoms with E-state index in [-0.39, 0.29) is 16.0 Å². The second kappa shape index (κ2) is 15.3. The number of aryl methyl sites for hydroxylation is 2. The second-order valence-electron chi connectivity index (χ2n) is 12.0. The number of phenolic OH excluding ortho intramolecular Hbond substituents is 1. The predicted molar refractivity (Wildman–Crippen MR) is 204 cm³/mol. The molecule has 0 spiro atoms. The molecule has 0 atom stereocenters. The minimum atomic E-state index is -4.58. The lowest BCUT2D eigenvalue weighted by molar-refractivity contribution is 0.471. The maximum Gasteiger partial charge on any atom is 0.294 e. The van der Waals surface area contributed by atoms with Crippen molar-refractivity contribution in [1.82, 2.24) is 0 Å². The smallest absolute Gasteiger partial charge is 0.294 e. The molecule has 0 aromatic heterocycles. The third kappa shape index (κ3) is 8.91. The number of anilines is 3. The second-order valence-corrected chi connectivity index (χ2v) is 14.8. The van der Waals surface area contributed by atoms with Gasteiger partial charge in [0.1, 0.15) is 11.4 Å². The molecule has 6 aromatic carbocycles. The molecule has 0 heterocycles. The van der Waals surface area contributed by atoms with Gasteiger partial charge in [-0.15, -0.1) is 5.11 Å². The summed E-state index contributed by atoms with van der Waals surface area (Å²) in [7, 11) is -8.86. The van der Waals surface area contributed by atoms with Gasteiger partial charge < -0.3 is 15.7 Å². The zero-order valence-electron chi connectivity index (χ0n) is 28.5. The summed E-state index contributed by atoms with van der Waals surface area (Å²) in [5.41, 5.74) is 6.82. The number of phenols is 1. The summed E-state index contributed by atoms with van der Waals surface area (Å²) in [6.45, 7) is 4.37. The number of hydrogen-bond donors (Lipinski definition) is 5. The largest absolute Gasteiger partial charge is 0.507 e. The molecule has 0 aliphatic rings. The van der Waals surface area contributed by atoms with Crippen molar-refractivity contribution in [2.45, 2.75) is 36.6 Å². The Hall–Kier alpha value is -6.00. The number of nitrogens with zero attached hydrogens (tertiary/aromatic N) is 4. The molecule has 13 nitrogen and oxygen atoms in total. The molecule has 0 radical (unpaired) electrons. The van der Waals surface area contributed by atoms with Crippen LogP contribution in [0.1, 0.15) is 23.6 Å². The summed E-state index contributed by atoms with van der Waals surface area (Å²) >= 11 is 0. The van der Waals surface area contributed by atoms with Crippen LogP contribution >= 0.6 is 0 Å². The van der Waals surface area contributed by atoms with Crippen LogP contribution in [0.25, 0.3) is 10.8 Å². The summed E-state index contributed by atoms with van der Waals surface area (Å²) in [6.07, 6.45) is 0.767. The van der Waals surface area contributed by atoms with Crippen LogP contribution in [0.5, 0.6) is 5.75 Å². The number of para-hydroxylation sites is 1. The van der Waals surface area contributed by atoms with E-state index in [1.54, 1.807) is 60.7 Å². The van der Waals surface area contributed by atoms with Gasteiger partial charge in [0.15, 0.2) is 0 Å².